The van der Waals surface area contributed by atoms with Gasteiger partial charge in [0.2, 0.25) is 0 Å². The number of halogens is 9. The van der Waals surface area contributed by atoms with E-state index in [1.54, 1.807) is 30.3 Å². The number of aromatic nitrogens is 1. The minimum absolute atomic E-state index is 0.0651. The Hall–Kier alpha value is -4.29. The summed E-state index contributed by atoms with van der Waals surface area (Å²) in [5.41, 5.74) is -3.89. The van der Waals surface area contributed by atoms with Crippen molar-refractivity contribution in [1.29, 1.82) is 0 Å². The van der Waals surface area contributed by atoms with Crippen LogP contribution in [-0.2, 0) is 36.4 Å². The third kappa shape index (κ3) is 6.72. The largest absolute Gasteiger partial charge is 0.453 e. The lowest BCUT2D eigenvalue weighted by atomic mass is 9.94. The Morgan fingerprint density at radius 2 is 1.34 bits per heavy atom. The SMILES string of the molecule is COC(=O)N(Cc1cc(C(F)(F)F)cc(C(F)(F)F)c1)Cc1cc(C(F)(F)F)ccc1-c1cccc2cccnc12. The van der Waals surface area contributed by atoms with Crippen molar-refractivity contribution < 1.29 is 49.0 Å². The average Bonchev–Trinajstić information content (AvgIpc) is 2.90. The molecule has 0 atom stereocenters. The summed E-state index contributed by atoms with van der Waals surface area (Å²) in [7, 11) is 0.921. The molecule has 0 bridgehead atoms. The first-order valence-electron chi connectivity index (χ1n) is 11.7. The molecule has 1 amide bonds. The molecule has 0 N–H and O–H groups in total. The Kier molecular flexibility index (Phi) is 7.92. The highest BCUT2D eigenvalue weighted by Crippen LogP contribution is 2.38. The molecule has 1 aromatic heterocycles. The number of nitrogens with zero attached hydrogens (tertiary/aromatic N) is 2. The van der Waals surface area contributed by atoms with Crippen LogP contribution in [-0.4, -0.2) is 23.1 Å². The number of hydrogen-bond donors (Lipinski definition) is 0. The number of alkyl halides is 9. The zero-order chi connectivity index (χ0) is 30.2. The van der Waals surface area contributed by atoms with Gasteiger partial charge < -0.3 is 4.74 Å². The number of rotatable bonds is 5. The first-order chi connectivity index (χ1) is 19.1. The molecule has 0 unspecified atom stereocenters. The summed E-state index contributed by atoms with van der Waals surface area (Å²) in [4.78, 5) is 17.7. The molecule has 0 aliphatic heterocycles. The van der Waals surface area contributed by atoms with Gasteiger partial charge in [-0.05, 0) is 53.1 Å². The van der Waals surface area contributed by atoms with E-state index in [2.05, 4.69) is 9.72 Å². The fraction of sp³-hybridized carbons (Fsp3) is 0.214. The summed E-state index contributed by atoms with van der Waals surface area (Å²) in [6.07, 6.45) is -14.8. The standard InChI is InChI=1S/C28H19F9N2O2/c1-41-25(40)39(14-16-10-20(27(32,33)34)13-21(11-16)28(35,36)37)15-18-12-19(26(29,30)31)7-8-22(18)23-6-2-4-17-5-3-9-38-24(17)23/h2-13H,14-15H2,1H3. The Morgan fingerprint density at radius 1 is 0.732 bits per heavy atom. The zero-order valence-corrected chi connectivity index (χ0v) is 21.0. The maximum absolute atomic E-state index is 13.6. The molecule has 3 aromatic carbocycles. The lowest BCUT2D eigenvalue weighted by molar-refractivity contribution is -0.143. The summed E-state index contributed by atoms with van der Waals surface area (Å²) in [5, 5.41) is 0.657. The Balaban J connectivity index is 1.84. The Bertz CT molecular complexity index is 1540. The smallest absolute Gasteiger partial charge is 0.416 e. The first kappa shape index (κ1) is 29.7. The highest BCUT2D eigenvalue weighted by atomic mass is 19.4. The van der Waals surface area contributed by atoms with Crippen LogP contribution in [0.4, 0.5) is 44.3 Å². The molecule has 0 aliphatic rings. The second kappa shape index (κ2) is 10.9. The molecule has 0 saturated heterocycles. The van der Waals surface area contributed by atoms with Crippen molar-refractivity contribution in [2.45, 2.75) is 31.6 Å². The monoisotopic (exact) mass is 586 g/mol. The summed E-state index contributed by atoms with van der Waals surface area (Å²) in [5.74, 6) is 0. The second-order valence-corrected chi connectivity index (χ2v) is 8.99. The van der Waals surface area contributed by atoms with E-state index in [9.17, 15) is 44.3 Å². The average molecular weight is 586 g/mol. The number of pyridine rings is 1. The minimum Gasteiger partial charge on any atom is -0.453 e. The molecule has 216 valence electrons. The number of para-hydroxylation sites is 1. The number of ether oxygens (including phenoxy) is 1. The van der Waals surface area contributed by atoms with Gasteiger partial charge in [-0.2, -0.15) is 39.5 Å². The highest BCUT2D eigenvalue weighted by molar-refractivity contribution is 5.94. The number of hydrogen-bond acceptors (Lipinski definition) is 3. The van der Waals surface area contributed by atoms with Gasteiger partial charge in [0.05, 0.1) is 29.3 Å². The van der Waals surface area contributed by atoms with E-state index in [0.717, 1.165) is 19.2 Å². The third-order valence-electron chi connectivity index (χ3n) is 6.17. The zero-order valence-electron chi connectivity index (χ0n) is 21.0. The third-order valence-corrected chi connectivity index (χ3v) is 6.17. The van der Waals surface area contributed by atoms with Gasteiger partial charge in [0.25, 0.3) is 0 Å². The molecule has 0 saturated carbocycles. The van der Waals surface area contributed by atoms with E-state index in [1.807, 2.05) is 0 Å². The number of carbonyl (C=O) groups excluding carboxylic acids is 1. The normalized spacial score (nSPS) is 12.4. The van der Waals surface area contributed by atoms with Gasteiger partial charge in [0, 0.05) is 30.2 Å². The minimum atomic E-state index is -5.14. The molecular formula is C28H19F9N2O2. The maximum Gasteiger partial charge on any atom is 0.416 e. The predicted octanol–water partition coefficient (Wildman–Crippen LogP) is 8.73. The van der Waals surface area contributed by atoms with Gasteiger partial charge in [-0.25, -0.2) is 4.79 Å². The van der Waals surface area contributed by atoms with Crippen LogP contribution in [0.1, 0.15) is 27.8 Å². The van der Waals surface area contributed by atoms with Gasteiger partial charge in [0.15, 0.2) is 0 Å². The summed E-state index contributed by atoms with van der Waals surface area (Å²) >= 11 is 0. The van der Waals surface area contributed by atoms with E-state index < -0.39 is 60.0 Å². The van der Waals surface area contributed by atoms with E-state index in [0.29, 0.717) is 33.5 Å². The van der Waals surface area contributed by atoms with E-state index in [-0.39, 0.29) is 17.2 Å². The lowest BCUT2D eigenvalue weighted by Gasteiger charge is -2.25. The van der Waals surface area contributed by atoms with Crippen molar-refractivity contribution >= 4 is 17.0 Å². The Labute approximate surface area is 227 Å². The summed E-state index contributed by atoms with van der Waals surface area (Å²) in [6, 6.07) is 11.9. The summed E-state index contributed by atoms with van der Waals surface area (Å²) in [6.45, 7) is -1.48. The van der Waals surface area contributed by atoms with Gasteiger partial charge in [-0.1, -0.05) is 30.3 Å². The van der Waals surface area contributed by atoms with Crippen molar-refractivity contribution in [3.8, 4) is 11.1 Å². The molecule has 4 rings (SSSR count). The number of fused-ring (bicyclic) bond motifs is 1. The van der Waals surface area contributed by atoms with E-state index in [4.69, 9.17) is 0 Å². The molecule has 1 heterocycles. The quantitative estimate of drug-likeness (QED) is 0.220. The van der Waals surface area contributed by atoms with Gasteiger partial charge in [-0.15, -0.1) is 0 Å². The van der Waals surface area contributed by atoms with Crippen molar-refractivity contribution in [3.63, 3.8) is 0 Å². The predicted molar refractivity (Wildman–Crippen MR) is 130 cm³/mol. The highest BCUT2D eigenvalue weighted by Gasteiger charge is 2.37. The molecule has 0 radical (unpaired) electrons. The van der Waals surface area contributed by atoms with Crippen LogP contribution in [0.3, 0.4) is 0 Å². The first-order valence-corrected chi connectivity index (χ1v) is 11.7. The van der Waals surface area contributed by atoms with Crippen LogP contribution in [0.15, 0.2) is 72.9 Å². The number of amides is 1. The molecule has 41 heavy (non-hydrogen) atoms. The van der Waals surface area contributed by atoms with Gasteiger partial charge in [0.1, 0.15) is 0 Å². The fourth-order valence-electron chi connectivity index (χ4n) is 4.34. The fourth-order valence-corrected chi connectivity index (χ4v) is 4.34. The van der Waals surface area contributed by atoms with Crippen LogP contribution < -0.4 is 0 Å². The van der Waals surface area contributed by atoms with Gasteiger partial charge >= 0.3 is 24.6 Å². The summed E-state index contributed by atoms with van der Waals surface area (Å²) < 4.78 is 126. The topological polar surface area (TPSA) is 42.4 Å². The molecule has 13 heteroatoms. The van der Waals surface area contributed by atoms with Crippen LogP contribution in [0.25, 0.3) is 22.0 Å². The van der Waals surface area contributed by atoms with Gasteiger partial charge in [-0.3, -0.25) is 9.88 Å². The number of methoxy groups -OCH3 is 1. The van der Waals surface area contributed by atoms with E-state index in [1.165, 1.54) is 12.3 Å². The van der Waals surface area contributed by atoms with Crippen LogP contribution in [0, 0.1) is 0 Å². The van der Waals surface area contributed by atoms with Crippen molar-refractivity contribution in [2.75, 3.05) is 7.11 Å². The molecule has 4 aromatic rings. The second-order valence-electron chi connectivity index (χ2n) is 8.99. The van der Waals surface area contributed by atoms with Crippen molar-refractivity contribution in [3.05, 3.63) is 101 Å². The number of benzene rings is 3. The Morgan fingerprint density at radius 3 is 1.93 bits per heavy atom. The lowest BCUT2D eigenvalue weighted by Crippen LogP contribution is -2.30. The number of carbonyl (C=O) groups is 1. The molecule has 0 fully saturated rings. The molecule has 0 aliphatic carbocycles. The molecule has 0 spiro atoms. The maximum atomic E-state index is 13.6. The van der Waals surface area contributed by atoms with Crippen LogP contribution >= 0.6 is 0 Å². The van der Waals surface area contributed by atoms with Crippen molar-refractivity contribution in [1.82, 2.24) is 9.88 Å². The van der Waals surface area contributed by atoms with E-state index >= 15 is 0 Å². The van der Waals surface area contributed by atoms with Crippen molar-refractivity contribution in [2.24, 2.45) is 0 Å². The van der Waals surface area contributed by atoms with Crippen LogP contribution in [0.5, 0.6) is 0 Å². The molecular weight excluding hydrogens is 567 g/mol. The van der Waals surface area contributed by atoms with Crippen LogP contribution in [0.2, 0.25) is 0 Å². The molecule has 4 nitrogen and oxygen atoms in total.